The van der Waals surface area contributed by atoms with Gasteiger partial charge in [0.05, 0.1) is 7.11 Å². The van der Waals surface area contributed by atoms with Crippen molar-refractivity contribution in [1.82, 2.24) is 10.4 Å². The topological polar surface area (TPSA) is 61.8 Å². The lowest BCUT2D eigenvalue weighted by atomic mass is 9.86. The molecule has 0 bridgehead atoms. The molecule has 0 saturated heterocycles. The van der Waals surface area contributed by atoms with Crippen LogP contribution in [0.2, 0.25) is 0 Å². The summed E-state index contributed by atoms with van der Waals surface area (Å²) in [6.07, 6.45) is -1.24. The van der Waals surface area contributed by atoms with E-state index in [1.807, 2.05) is 0 Å². The number of amides is 1. The monoisotopic (exact) mass is 294 g/mol. The van der Waals surface area contributed by atoms with Gasteiger partial charge in [0.25, 0.3) is 5.72 Å². The van der Waals surface area contributed by atoms with E-state index in [9.17, 15) is 23.1 Å². The number of nitrogens with one attached hydrogen (secondary N) is 1. The van der Waals surface area contributed by atoms with Gasteiger partial charge in [-0.2, -0.15) is 18.2 Å². The van der Waals surface area contributed by atoms with Crippen LogP contribution in [0.5, 0.6) is 0 Å². The van der Waals surface area contributed by atoms with Crippen LogP contribution in [-0.4, -0.2) is 35.2 Å². The van der Waals surface area contributed by atoms with Crippen LogP contribution >= 0.6 is 0 Å². The van der Waals surface area contributed by atoms with E-state index in [2.05, 4.69) is 10.2 Å². The van der Waals surface area contributed by atoms with Crippen molar-refractivity contribution in [3.05, 3.63) is 11.8 Å². The first-order valence-corrected chi connectivity index (χ1v) is 6.46. The molecule has 0 aromatic rings. The Morgan fingerprint density at radius 2 is 2.05 bits per heavy atom. The largest absolute Gasteiger partial charge is 0.451 e. The molecule has 1 aliphatic heterocycles. The fourth-order valence-corrected chi connectivity index (χ4v) is 2.64. The third kappa shape index (κ3) is 2.44. The maximum absolute atomic E-state index is 13.0. The molecule has 2 aliphatic rings. The van der Waals surface area contributed by atoms with E-state index in [0.29, 0.717) is 6.08 Å². The van der Waals surface area contributed by atoms with Gasteiger partial charge in [-0.15, -0.1) is 0 Å². The molecule has 2 N–H and O–H groups in total. The first-order chi connectivity index (χ1) is 9.29. The smallest absolute Gasteiger partial charge is 0.442 e. The standard InChI is InChI=1S/C12H17F3N2O3/c1-20-10(18)17-11(19,12(13,14)15)7-9(16-17)8-5-3-2-4-6-8/h7-8,16,19H,2-6H2,1H3. The minimum atomic E-state index is -5.01. The molecule has 1 aliphatic carbocycles. The van der Waals surface area contributed by atoms with Crippen LogP contribution < -0.4 is 5.43 Å². The van der Waals surface area contributed by atoms with Crippen LogP contribution in [0.15, 0.2) is 11.8 Å². The van der Waals surface area contributed by atoms with E-state index in [-0.39, 0.29) is 16.6 Å². The van der Waals surface area contributed by atoms with Gasteiger partial charge in [0.1, 0.15) is 0 Å². The lowest BCUT2D eigenvalue weighted by molar-refractivity contribution is -0.285. The fraction of sp³-hybridized carbons (Fsp3) is 0.750. The maximum atomic E-state index is 13.0. The number of rotatable bonds is 1. The Morgan fingerprint density at radius 1 is 1.45 bits per heavy atom. The number of nitrogens with zero attached hydrogens (tertiary/aromatic N) is 1. The number of carbonyl (C=O) groups is 1. The number of hydrogen-bond donors (Lipinski definition) is 2. The summed E-state index contributed by atoms with van der Waals surface area (Å²) < 4.78 is 43.4. The molecule has 0 aromatic carbocycles. The van der Waals surface area contributed by atoms with Crippen LogP contribution in [0.1, 0.15) is 32.1 Å². The molecule has 0 radical (unpaired) electrons. The zero-order valence-electron chi connectivity index (χ0n) is 11.0. The first kappa shape index (κ1) is 15.0. The van der Waals surface area contributed by atoms with Gasteiger partial charge in [0.15, 0.2) is 0 Å². The molecular formula is C12H17F3N2O3. The summed E-state index contributed by atoms with van der Waals surface area (Å²) in [5.74, 6) is -0.104. The van der Waals surface area contributed by atoms with Crippen LogP contribution in [0.4, 0.5) is 18.0 Å². The number of aliphatic hydroxyl groups is 1. The van der Waals surface area contributed by atoms with E-state index in [1.54, 1.807) is 0 Å². The third-order valence-corrected chi connectivity index (χ3v) is 3.76. The van der Waals surface area contributed by atoms with Gasteiger partial charge in [-0.3, -0.25) is 5.43 Å². The normalized spacial score (nSPS) is 28.1. The van der Waals surface area contributed by atoms with Crippen molar-refractivity contribution in [3.8, 4) is 0 Å². The molecule has 1 saturated carbocycles. The maximum Gasteiger partial charge on any atom is 0.442 e. The van der Waals surface area contributed by atoms with Crippen LogP contribution in [0, 0.1) is 5.92 Å². The Bertz CT molecular complexity index is 419. The minimum Gasteiger partial charge on any atom is -0.451 e. The molecule has 1 amide bonds. The third-order valence-electron chi connectivity index (χ3n) is 3.76. The molecule has 0 aromatic heterocycles. The van der Waals surface area contributed by atoms with E-state index < -0.39 is 18.0 Å². The molecule has 1 fully saturated rings. The Hall–Kier alpha value is -1.44. The highest BCUT2D eigenvalue weighted by molar-refractivity contribution is 5.69. The molecule has 8 heteroatoms. The zero-order valence-corrected chi connectivity index (χ0v) is 11.0. The number of halogens is 3. The average Bonchev–Trinajstić information content (AvgIpc) is 2.78. The number of carbonyl (C=O) groups excluding carboxylic acids is 1. The van der Waals surface area contributed by atoms with Gasteiger partial charge in [-0.1, -0.05) is 19.3 Å². The minimum absolute atomic E-state index is 0.0942. The summed E-state index contributed by atoms with van der Waals surface area (Å²) in [6.45, 7) is 0. The molecule has 1 unspecified atom stereocenters. The average molecular weight is 294 g/mol. The van der Waals surface area contributed by atoms with Crippen molar-refractivity contribution < 1.29 is 27.8 Å². The van der Waals surface area contributed by atoms with Gasteiger partial charge < -0.3 is 9.84 Å². The Balaban J connectivity index is 2.28. The SMILES string of the molecule is COC(=O)N1NC(C2CCCCC2)=CC1(O)C(F)(F)F. The molecule has 1 heterocycles. The van der Waals surface area contributed by atoms with Gasteiger partial charge in [0, 0.05) is 17.7 Å². The predicted octanol–water partition coefficient (Wildman–Crippen LogP) is 2.29. The lowest BCUT2D eigenvalue weighted by Gasteiger charge is -2.32. The second-order valence-electron chi connectivity index (χ2n) is 5.08. The van der Waals surface area contributed by atoms with E-state index in [0.717, 1.165) is 39.2 Å². The molecule has 0 spiro atoms. The summed E-state index contributed by atoms with van der Waals surface area (Å²) in [5.41, 5.74) is -0.778. The van der Waals surface area contributed by atoms with Crippen molar-refractivity contribution in [3.63, 3.8) is 0 Å². The Labute approximate surface area is 114 Å². The number of ether oxygens (including phenoxy) is 1. The summed E-state index contributed by atoms with van der Waals surface area (Å²) in [4.78, 5) is 11.5. The predicted molar refractivity (Wildman–Crippen MR) is 63.0 cm³/mol. The summed E-state index contributed by atoms with van der Waals surface area (Å²) >= 11 is 0. The Morgan fingerprint density at radius 3 is 2.55 bits per heavy atom. The molecule has 5 nitrogen and oxygen atoms in total. The van der Waals surface area contributed by atoms with E-state index in [4.69, 9.17) is 0 Å². The summed E-state index contributed by atoms with van der Waals surface area (Å²) in [5, 5.41) is 9.95. The molecule has 114 valence electrons. The second kappa shape index (κ2) is 5.16. The van der Waals surface area contributed by atoms with Gasteiger partial charge in [-0.25, -0.2) is 4.79 Å². The second-order valence-corrected chi connectivity index (χ2v) is 5.08. The first-order valence-electron chi connectivity index (χ1n) is 6.46. The van der Waals surface area contributed by atoms with Crippen molar-refractivity contribution in [1.29, 1.82) is 0 Å². The molecule has 2 rings (SSSR count). The van der Waals surface area contributed by atoms with E-state index in [1.165, 1.54) is 0 Å². The van der Waals surface area contributed by atoms with Gasteiger partial charge in [0.2, 0.25) is 0 Å². The van der Waals surface area contributed by atoms with Gasteiger partial charge >= 0.3 is 12.3 Å². The molecule has 1 atom stereocenters. The van der Waals surface area contributed by atoms with Crippen molar-refractivity contribution >= 4 is 6.09 Å². The summed E-state index contributed by atoms with van der Waals surface area (Å²) in [7, 11) is 0.958. The number of alkyl halides is 3. The van der Waals surface area contributed by atoms with Crippen molar-refractivity contribution in [2.45, 2.75) is 44.0 Å². The van der Waals surface area contributed by atoms with Crippen molar-refractivity contribution in [2.24, 2.45) is 5.92 Å². The lowest BCUT2D eigenvalue weighted by Crippen LogP contribution is -2.60. The van der Waals surface area contributed by atoms with E-state index >= 15 is 0 Å². The van der Waals surface area contributed by atoms with Crippen LogP contribution in [-0.2, 0) is 4.74 Å². The van der Waals surface area contributed by atoms with Crippen molar-refractivity contribution in [2.75, 3.05) is 7.11 Å². The number of hydrazine groups is 1. The molecule has 20 heavy (non-hydrogen) atoms. The zero-order chi connectivity index (χ0) is 15.0. The van der Waals surface area contributed by atoms with Gasteiger partial charge in [-0.05, 0) is 12.8 Å². The molecular weight excluding hydrogens is 277 g/mol. The highest BCUT2D eigenvalue weighted by Gasteiger charge is 2.62. The number of allylic oxidation sites excluding steroid dienone is 1. The van der Waals surface area contributed by atoms with Crippen LogP contribution in [0.3, 0.4) is 0 Å². The highest BCUT2D eigenvalue weighted by atomic mass is 19.4. The quantitative estimate of drug-likeness (QED) is 0.779. The van der Waals surface area contributed by atoms with Crippen LogP contribution in [0.25, 0.3) is 0 Å². The summed E-state index contributed by atoms with van der Waals surface area (Å²) in [6, 6.07) is 0. The fourth-order valence-electron chi connectivity index (χ4n) is 2.64. The Kier molecular flexibility index (Phi) is 3.86. The number of hydrogen-bond acceptors (Lipinski definition) is 4. The highest BCUT2D eigenvalue weighted by Crippen LogP contribution is 2.41. The number of methoxy groups -OCH3 is 1.